The summed E-state index contributed by atoms with van der Waals surface area (Å²) in [6.07, 6.45) is 6.30. The van der Waals surface area contributed by atoms with Gasteiger partial charge in [0.05, 0.1) is 6.07 Å². The van der Waals surface area contributed by atoms with Gasteiger partial charge in [-0.05, 0) is 63.0 Å². The van der Waals surface area contributed by atoms with Gasteiger partial charge < -0.3 is 15.0 Å². The zero-order valence-electron chi connectivity index (χ0n) is 18.6. The molecule has 0 radical (unpaired) electrons. The van der Waals surface area contributed by atoms with E-state index in [0.29, 0.717) is 31.6 Å². The zero-order chi connectivity index (χ0) is 22.7. The van der Waals surface area contributed by atoms with Crippen LogP contribution in [0, 0.1) is 29.6 Å². The normalized spacial score (nSPS) is 24.6. The number of Topliss-reactive ketones (excluding diaryl/α,β-unsaturated/α-hetero) is 1. The maximum absolute atomic E-state index is 13.1. The second-order valence-electron chi connectivity index (χ2n) is 9.68. The summed E-state index contributed by atoms with van der Waals surface area (Å²) in [5, 5.41) is 12.4. The number of rotatable bonds is 7. The van der Waals surface area contributed by atoms with E-state index in [9.17, 15) is 19.6 Å². The van der Waals surface area contributed by atoms with Crippen molar-refractivity contribution in [1.82, 2.24) is 10.2 Å². The summed E-state index contributed by atoms with van der Waals surface area (Å²) < 4.78 is 5.67. The molecular weight excluding hydrogens is 406 g/mol. The van der Waals surface area contributed by atoms with Crippen LogP contribution < -0.4 is 10.1 Å². The summed E-state index contributed by atoms with van der Waals surface area (Å²) >= 11 is 0. The largest absolute Gasteiger partial charge is 0.484 e. The summed E-state index contributed by atoms with van der Waals surface area (Å²) in [6, 6.07) is 8.32. The van der Waals surface area contributed by atoms with E-state index in [-0.39, 0.29) is 35.5 Å². The Morgan fingerprint density at radius 2 is 2.03 bits per heavy atom. The number of aryl methyl sites for hydroxylation is 1. The Kier molecular flexibility index (Phi) is 6.50. The first-order valence-corrected chi connectivity index (χ1v) is 11.6. The van der Waals surface area contributed by atoms with Gasteiger partial charge in [-0.3, -0.25) is 14.4 Å². The van der Waals surface area contributed by atoms with E-state index >= 15 is 0 Å². The van der Waals surface area contributed by atoms with Crippen LogP contribution in [0.4, 0.5) is 0 Å². The number of ketones is 1. The smallest absolute Gasteiger partial charge is 0.261 e. The van der Waals surface area contributed by atoms with Crippen molar-refractivity contribution in [1.29, 1.82) is 5.26 Å². The Bertz CT molecular complexity index is 916. The fraction of sp³-hybridized carbons (Fsp3) is 0.600. The number of nitriles is 1. The lowest BCUT2D eigenvalue weighted by Gasteiger charge is -2.37. The number of nitrogens with one attached hydrogen (secondary N) is 1. The lowest BCUT2D eigenvalue weighted by atomic mass is 9.67. The van der Waals surface area contributed by atoms with Crippen molar-refractivity contribution in [3.8, 4) is 11.8 Å². The predicted octanol–water partition coefficient (Wildman–Crippen LogP) is 2.91. The number of nitrogens with zero attached hydrogens (tertiary/aromatic N) is 2. The van der Waals surface area contributed by atoms with Crippen LogP contribution in [0.3, 0.4) is 0 Å². The number of hydrogen-bond donors (Lipinski definition) is 1. The molecule has 1 aliphatic heterocycles. The highest BCUT2D eigenvalue weighted by molar-refractivity contribution is 5.89. The molecule has 7 heteroatoms. The van der Waals surface area contributed by atoms with Gasteiger partial charge in [-0.25, -0.2) is 0 Å². The molecule has 2 aliphatic carbocycles. The van der Waals surface area contributed by atoms with Gasteiger partial charge in [-0.1, -0.05) is 24.1 Å². The number of hydrogen-bond acceptors (Lipinski definition) is 5. The van der Waals surface area contributed by atoms with Crippen LogP contribution in [-0.2, 0) is 14.4 Å². The van der Waals surface area contributed by atoms with Crippen molar-refractivity contribution in [2.75, 3.05) is 13.2 Å². The second kappa shape index (κ2) is 9.32. The number of amides is 2. The molecule has 0 bridgehead atoms. The molecular formula is C25H31N3O4. The molecule has 3 atom stereocenters. The summed E-state index contributed by atoms with van der Waals surface area (Å²) in [6.45, 7) is 2.41. The minimum absolute atomic E-state index is 0.00504. The topological polar surface area (TPSA) is 99.5 Å². The Morgan fingerprint density at radius 1 is 1.28 bits per heavy atom. The molecule has 4 rings (SSSR count). The SMILES string of the molecule is Cc1ccc(OCC(=O)N2CC3(CCC3)CC2C(=O)N[C@H](C#N)C[C@@H]2CCCC2=O)cc1. The van der Waals surface area contributed by atoms with Crippen molar-refractivity contribution >= 4 is 17.6 Å². The van der Waals surface area contributed by atoms with Gasteiger partial charge in [-0.2, -0.15) is 5.26 Å². The fourth-order valence-electron chi connectivity index (χ4n) is 5.29. The molecule has 32 heavy (non-hydrogen) atoms. The highest BCUT2D eigenvalue weighted by atomic mass is 16.5. The van der Waals surface area contributed by atoms with Gasteiger partial charge >= 0.3 is 0 Å². The first-order chi connectivity index (χ1) is 15.4. The third-order valence-corrected chi connectivity index (χ3v) is 7.35. The fourth-order valence-corrected chi connectivity index (χ4v) is 5.29. The van der Waals surface area contributed by atoms with E-state index in [1.54, 1.807) is 4.90 Å². The van der Waals surface area contributed by atoms with Crippen LogP contribution >= 0.6 is 0 Å². The van der Waals surface area contributed by atoms with Gasteiger partial charge in [0.15, 0.2) is 6.61 Å². The van der Waals surface area contributed by atoms with Crippen LogP contribution in [0.25, 0.3) is 0 Å². The first kappa shape index (κ1) is 22.3. The standard InChI is InChI=1S/C25H31N3O4/c1-17-6-8-20(9-7-17)32-15-23(30)28-16-25(10-3-11-25)13-21(28)24(31)27-19(14-26)12-18-4-2-5-22(18)29/h6-9,18-19,21H,2-5,10-13,15-16H2,1H3,(H,27,31)/t18-,19-,21?/m0/s1. The van der Waals surface area contributed by atoms with E-state index in [4.69, 9.17) is 4.74 Å². The Morgan fingerprint density at radius 3 is 2.62 bits per heavy atom. The minimum Gasteiger partial charge on any atom is -0.484 e. The van der Waals surface area contributed by atoms with Gasteiger partial charge in [0, 0.05) is 18.9 Å². The Hall–Kier alpha value is -2.88. The highest BCUT2D eigenvalue weighted by Crippen LogP contribution is 2.50. The maximum Gasteiger partial charge on any atom is 0.261 e. The Balaban J connectivity index is 1.39. The van der Waals surface area contributed by atoms with Crippen molar-refractivity contribution in [3.05, 3.63) is 29.8 Å². The van der Waals surface area contributed by atoms with E-state index in [1.165, 1.54) is 0 Å². The van der Waals surface area contributed by atoms with Crippen molar-refractivity contribution < 1.29 is 19.1 Å². The van der Waals surface area contributed by atoms with Crippen LogP contribution in [0.15, 0.2) is 24.3 Å². The molecule has 1 heterocycles. The molecule has 2 amide bonds. The average Bonchev–Trinajstić information content (AvgIpc) is 3.37. The number of ether oxygens (including phenoxy) is 1. The number of carbonyl (C=O) groups excluding carboxylic acids is 3. The summed E-state index contributed by atoms with van der Waals surface area (Å²) in [5.74, 6) is 0.137. The molecule has 1 aromatic carbocycles. The van der Waals surface area contributed by atoms with Crippen molar-refractivity contribution in [2.24, 2.45) is 11.3 Å². The number of benzene rings is 1. The zero-order valence-corrected chi connectivity index (χ0v) is 18.6. The van der Waals surface area contributed by atoms with E-state index in [1.807, 2.05) is 31.2 Å². The molecule has 2 saturated carbocycles. The molecule has 0 aromatic heterocycles. The number of likely N-dealkylation sites (tertiary alicyclic amines) is 1. The van der Waals surface area contributed by atoms with Crippen LogP contribution in [0.5, 0.6) is 5.75 Å². The summed E-state index contributed by atoms with van der Waals surface area (Å²) in [5.41, 5.74) is 1.11. The maximum atomic E-state index is 13.1. The van der Waals surface area contributed by atoms with Gasteiger partial charge in [0.25, 0.3) is 5.91 Å². The molecule has 1 saturated heterocycles. The average molecular weight is 438 g/mol. The van der Waals surface area contributed by atoms with Gasteiger partial charge in [0.2, 0.25) is 5.91 Å². The third-order valence-electron chi connectivity index (χ3n) is 7.35. The molecule has 1 N–H and O–H groups in total. The third kappa shape index (κ3) is 4.79. The summed E-state index contributed by atoms with van der Waals surface area (Å²) in [4.78, 5) is 39.8. The molecule has 170 valence electrons. The lowest BCUT2D eigenvalue weighted by molar-refractivity contribution is -0.140. The van der Waals surface area contributed by atoms with E-state index in [0.717, 1.165) is 37.7 Å². The van der Waals surface area contributed by atoms with Crippen molar-refractivity contribution in [2.45, 2.75) is 70.4 Å². The highest BCUT2D eigenvalue weighted by Gasteiger charge is 2.51. The van der Waals surface area contributed by atoms with Gasteiger partial charge in [-0.15, -0.1) is 0 Å². The number of carbonyl (C=O) groups is 3. The molecule has 1 spiro atoms. The summed E-state index contributed by atoms with van der Waals surface area (Å²) in [7, 11) is 0. The van der Waals surface area contributed by atoms with Crippen LogP contribution in [0.2, 0.25) is 0 Å². The van der Waals surface area contributed by atoms with E-state index < -0.39 is 12.1 Å². The molecule has 1 unspecified atom stereocenters. The van der Waals surface area contributed by atoms with E-state index in [2.05, 4.69) is 11.4 Å². The molecule has 7 nitrogen and oxygen atoms in total. The molecule has 1 aromatic rings. The quantitative estimate of drug-likeness (QED) is 0.707. The second-order valence-corrected chi connectivity index (χ2v) is 9.68. The van der Waals surface area contributed by atoms with Crippen LogP contribution in [-0.4, -0.2) is 47.7 Å². The van der Waals surface area contributed by atoms with Crippen LogP contribution in [0.1, 0.15) is 56.9 Å². The Labute approximate surface area is 189 Å². The lowest BCUT2D eigenvalue weighted by Crippen LogP contribution is -2.50. The molecule has 3 aliphatic rings. The monoisotopic (exact) mass is 437 g/mol. The first-order valence-electron chi connectivity index (χ1n) is 11.6. The van der Waals surface area contributed by atoms with Gasteiger partial charge in [0.1, 0.15) is 23.6 Å². The van der Waals surface area contributed by atoms with Crippen molar-refractivity contribution in [3.63, 3.8) is 0 Å². The molecule has 3 fully saturated rings. The minimum atomic E-state index is -0.715. The predicted molar refractivity (Wildman–Crippen MR) is 118 cm³/mol.